The van der Waals surface area contributed by atoms with Crippen LogP contribution < -0.4 is 16.2 Å². The molecule has 0 saturated heterocycles. The first-order valence-corrected chi connectivity index (χ1v) is 10.7. The monoisotopic (exact) mass is 420 g/mol. The molecule has 4 rings (SSSR count). The summed E-state index contributed by atoms with van der Waals surface area (Å²) in [5.74, 6) is 0.214. The molecule has 0 saturated carbocycles. The molecular weight excluding hydrogens is 396 g/mol. The third-order valence-electron chi connectivity index (χ3n) is 4.77. The van der Waals surface area contributed by atoms with E-state index in [0.29, 0.717) is 11.4 Å². The van der Waals surface area contributed by atoms with Gasteiger partial charge in [-0.2, -0.15) is 0 Å². The highest BCUT2D eigenvalue weighted by molar-refractivity contribution is 7.99. The number of rotatable bonds is 3. The van der Waals surface area contributed by atoms with Crippen LogP contribution in [0.2, 0.25) is 0 Å². The van der Waals surface area contributed by atoms with Gasteiger partial charge in [-0.3, -0.25) is 9.93 Å². The zero-order chi connectivity index (χ0) is 20.5. The van der Waals surface area contributed by atoms with E-state index in [1.54, 1.807) is 20.0 Å². The fourth-order valence-corrected chi connectivity index (χ4v) is 4.78. The number of benzene rings is 1. The molecule has 0 spiro atoms. The van der Waals surface area contributed by atoms with Crippen molar-refractivity contribution in [1.82, 2.24) is 4.98 Å². The molecule has 1 aromatic carbocycles. The van der Waals surface area contributed by atoms with Gasteiger partial charge in [-0.25, -0.2) is 9.78 Å². The molecule has 0 bridgehead atoms. The molecule has 2 amide bonds. The van der Waals surface area contributed by atoms with Crippen molar-refractivity contribution in [3.8, 4) is 0 Å². The van der Waals surface area contributed by atoms with E-state index in [4.69, 9.17) is 10.9 Å². The summed E-state index contributed by atoms with van der Waals surface area (Å²) in [5, 5.41) is 18.1. The second-order valence-electron chi connectivity index (χ2n) is 7.34. The molecule has 0 atom stereocenters. The van der Waals surface area contributed by atoms with Gasteiger partial charge in [-0.15, -0.1) is 11.3 Å². The molecule has 7 nitrogen and oxygen atoms in total. The molecule has 150 valence electrons. The molecule has 2 aliphatic carbocycles. The van der Waals surface area contributed by atoms with E-state index in [9.17, 15) is 14.7 Å². The minimum atomic E-state index is -0.849. The number of fused-ring (bicyclic) bond motifs is 3. The van der Waals surface area contributed by atoms with Gasteiger partial charge in [0.2, 0.25) is 0 Å². The van der Waals surface area contributed by atoms with Crippen molar-refractivity contribution in [2.45, 2.75) is 55.8 Å². The Morgan fingerprint density at radius 1 is 1.29 bits per heavy atom. The number of nitrogens with one attached hydrogen (secondary N) is 1. The van der Waals surface area contributed by atoms with Gasteiger partial charge in [0.05, 0.1) is 10.4 Å². The molecule has 1 heterocycles. The number of aliphatic hydroxyl groups is 1. The molecular formula is C19H24N4O3S2. The van der Waals surface area contributed by atoms with Gasteiger partial charge in [-0.05, 0) is 74.2 Å². The Labute approximate surface area is 172 Å². The lowest BCUT2D eigenvalue weighted by molar-refractivity contribution is 0.0782. The summed E-state index contributed by atoms with van der Waals surface area (Å²) in [4.78, 5) is 26.9. The van der Waals surface area contributed by atoms with E-state index in [2.05, 4.69) is 10.3 Å². The number of nitrogens with two attached hydrogens (primary N) is 2. The number of anilines is 1. The highest BCUT2D eigenvalue weighted by atomic mass is 32.2. The van der Waals surface area contributed by atoms with Gasteiger partial charge >= 0.3 is 6.03 Å². The number of aryl methyl sites for hydroxylation is 1. The van der Waals surface area contributed by atoms with Gasteiger partial charge in [0.1, 0.15) is 10.6 Å². The van der Waals surface area contributed by atoms with Crippen LogP contribution in [0.15, 0.2) is 16.5 Å². The predicted octanol–water partition coefficient (Wildman–Crippen LogP) is 3.13. The normalized spacial score (nSPS) is 14.9. The minimum absolute atomic E-state index is 0.214. The molecule has 6 N–H and O–H groups in total. The lowest BCUT2D eigenvalue weighted by Gasteiger charge is -2.12. The second kappa shape index (κ2) is 8.20. The van der Waals surface area contributed by atoms with Crippen molar-refractivity contribution in [3.63, 3.8) is 0 Å². The van der Waals surface area contributed by atoms with E-state index in [1.807, 2.05) is 6.07 Å². The average molecular weight is 421 g/mol. The van der Waals surface area contributed by atoms with E-state index < -0.39 is 11.6 Å². The zero-order valence-corrected chi connectivity index (χ0v) is 17.5. The third kappa shape index (κ3) is 4.38. The van der Waals surface area contributed by atoms with E-state index in [-0.39, 0.29) is 5.78 Å². The van der Waals surface area contributed by atoms with Gasteiger partial charge < -0.3 is 16.2 Å². The number of amides is 2. The zero-order valence-electron chi connectivity index (χ0n) is 15.9. The number of aromatic nitrogens is 1. The van der Waals surface area contributed by atoms with Crippen molar-refractivity contribution in [2.75, 3.05) is 5.32 Å². The summed E-state index contributed by atoms with van der Waals surface area (Å²) in [6.07, 6.45) is 6.01. The summed E-state index contributed by atoms with van der Waals surface area (Å²) in [6.45, 7) is 3.41. The molecule has 9 heteroatoms. The van der Waals surface area contributed by atoms with Crippen molar-refractivity contribution in [1.29, 1.82) is 0 Å². The number of primary amides is 1. The molecule has 0 aliphatic heterocycles. The van der Waals surface area contributed by atoms with E-state index >= 15 is 0 Å². The van der Waals surface area contributed by atoms with Gasteiger partial charge in [0.25, 0.3) is 0 Å². The SMILES string of the molecule is CC(C)(O)c1ncc(SN)s1.NC(=O)Nc1cc2c(c3c1CCC3=O)CCC2. The third-order valence-corrected chi connectivity index (χ3v) is 6.75. The highest BCUT2D eigenvalue weighted by Crippen LogP contribution is 2.38. The maximum absolute atomic E-state index is 11.9. The standard InChI is InChI=1S/C13H14N2O2.C6H10N2OS2/c14-13(17)15-10-6-7-2-1-3-8(7)12-9(10)4-5-11(12)16;1-6(2,9)5-8-3-4(10-5)11-7/h6H,1-5H2,(H3,14,15,17);3,9H,7H2,1-2H3. The highest BCUT2D eigenvalue weighted by Gasteiger charge is 2.29. The Morgan fingerprint density at radius 2 is 2.04 bits per heavy atom. The number of nitrogens with zero attached hydrogens (tertiary/aromatic N) is 1. The first kappa shape index (κ1) is 20.8. The molecule has 1 aromatic heterocycles. The molecule has 0 radical (unpaired) electrons. The van der Waals surface area contributed by atoms with E-state index in [1.165, 1.54) is 22.5 Å². The van der Waals surface area contributed by atoms with Crippen molar-refractivity contribution < 1.29 is 14.7 Å². The molecule has 0 unspecified atom stereocenters. The topological polar surface area (TPSA) is 131 Å². The average Bonchev–Trinajstić information content (AvgIpc) is 3.33. The van der Waals surface area contributed by atoms with Crippen LogP contribution in [0.5, 0.6) is 0 Å². The second-order valence-corrected chi connectivity index (χ2v) is 9.31. The number of thiazole rings is 1. The van der Waals surface area contributed by atoms with Crippen LogP contribution in [-0.2, 0) is 24.9 Å². The number of urea groups is 1. The van der Waals surface area contributed by atoms with Crippen molar-refractivity contribution >= 4 is 40.8 Å². The van der Waals surface area contributed by atoms with Crippen LogP contribution in [0.3, 0.4) is 0 Å². The summed E-state index contributed by atoms with van der Waals surface area (Å²) < 4.78 is 0.919. The lowest BCUT2D eigenvalue weighted by Crippen LogP contribution is -2.20. The molecule has 28 heavy (non-hydrogen) atoms. The number of ketones is 1. The first-order valence-electron chi connectivity index (χ1n) is 9.03. The van der Waals surface area contributed by atoms with Crippen LogP contribution in [0.1, 0.15) is 58.7 Å². The van der Waals surface area contributed by atoms with Crippen molar-refractivity contribution in [2.24, 2.45) is 10.9 Å². The van der Waals surface area contributed by atoms with Crippen molar-refractivity contribution in [3.05, 3.63) is 39.5 Å². The smallest absolute Gasteiger partial charge is 0.316 e. The Bertz CT molecular complexity index is 919. The number of carbonyl (C=O) groups excluding carboxylic acids is 2. The number of hydrogen-bond acceptors (Lipinski definition) is 7. The minimum Gasteiger partial charge on any atom is -0.383 e. The fraction of sp³-hybridized carbons (Fsp3) is 0.421. The van der Waals surface area contributed by atoms with Gasteiger partial charge in [-0.1, -0.05) is 0 Å². The fourth-order valence-electron chi connectivity index (χ4n) is 3.59. The largest absolute Gasteiger partial charge is 0.383 e. The molecule has 0 fully saturated rings. The van der Waals surface area contributed by atoms with Gasteiger partial charge in [0, 0.05) is 17.7 Å². The quantitative estimate of drug-likeness (QED) is 0.564. The predicted molar refractivity (Wildman–Crippen MR) is 112 cm³/mol. The van der Waals surface area contributed by atoms with Crippen LogP contribution >= 0.6 is 23.3 Å². The van der Waals surface area contributed by atoms with E-state index in [0.717, 1.165) is 58.7 Å². The summed E-state index contributed by atoms with van der Waals surface area (Å²) >= 11 is 2.57. The molecule has 2 aliphatic rings. The number of carbonyl (C=O) groups is 2. The Hall–Kier alpha value is -1.94. The number of hydrogen-bond donors (Lipinski definition) is 4. The lowest BCUT2D eigenvalue weighted by atomic mass is 9.97. The van der Waals surface area contributed by atoms with Crippen LogP contribution in [0, 0.1) is 0 Å². The summed E-state index contributed by atoms with van der Waals surface area (Å²) in [6, 6.07) is 1.43. The van der Waals surface area contributed by atoms with Gasteiger partial charge in [0.15, 0.2) is 5.78 Å². The molecule has 2 aromatic rings. The maximum atomic E-state index is 11.9. The first-order chi connectivity index (χ1) is 13.2. The van der Waals surface area contributed by atoms with Crippen LogP contribution in [-0.4, -0.2) is 21.9 Å². The summed E-state index contributed by atoms with van der Waals surface area (Å²) in [7, 11) is 0. The Balaban J connectivity index is 0.000000178. The maximum Gasteiger partial charge on any atom is 0.316 e. The Morgan fingerprint density at radius 3 is 2.61 bits per heavy atom. The van der Waals surface area contributed by atoms with Crippen LogP contribution in [0.4, 0.5) is 10.5 Å². The summed E-state index contributed by atoms with van der Waals surface area (Å²) in [5.41, 5.74) is 9.30. The van der Waals surface area contributed by atoms with Crippen LogP contribution in [0.25, 0.3) is 0 Å². The number of Topliss-reactive ketones (excluding diaryl/α,β-unsaturated/α-hetero) is 1. The Kier molecular flexibility index (Phi) is 6.09.